The van der Waals surface area contributed by atoms with Crippen molar-refractivity contribution in [3.8, 4) is 0 Å². The van der Waals surface area contributed by atoms with Crippen molar-refractivity contribution in [1.29, 1.82) is 0 Å². The Hall–Kier alpha value is -2.93. The van der Waals surface area contributed by atoms with E-state index in [0.29, 0.717) is 23.9 Å². The number of carbonyl (C=O) groups excluding carboxylic acids is 1. The van der Waals surface area contributed by atoms with Crippen LogP contribution in [0.2, 0.25) is 0 Å². The number of alkyl halides is 3. The number of carboxylic acids is 1. The van der Waals surface area contributed by atoms with E-state index in [1.54, 1.807) is 5.38 Å². The van der Waals surface area contributed by atoms with Gasteiger partial charge >= 0.3 is 12.1 Å². The SMILES string of the molecule is O=C(O)CNC(=S)N1CCC(c2nc(C(=O)Nc3cc(C(F)(F)F)ccc3N3CCCC3)cs2)CC1. The second kappa shape index (κ2) is 11.0. The van der Waals surface area contributed by atoms with Crippen molar-refractivity contribution in [3.05, 3.63) is 39.8 Å². The number of thiazole rings is 1. The monoisotopic (exact) mass is 541 g/mol. The lowest BCUT2D eigenvalue weighted by atomic mass is 9.98. The van der Waals surface area contributed by atoms with Gasteiger partial charge in [0.25, 0.3) is 5.91 Å². The van der Waals surface area contributed by atoms with Crippen LogP contribution in [0.5, 0.6) is 0 Å². The third-order valence-corrected chi connectivity index (χ3v) is 7.71. The molecule has 0 bridgehead atoms. The maximum atomic E-state index is 13.3. The van der Waals surface area contributed by atoms with E-state index >= 15 is 0 Å². The average molecular weight is 542 g/mol. The summed E-state index contributed by atoms with van der Waals surface area (Å²) in [6.45, 7) is 2.46. The molecule has 4 rings (SSSR count). The van der Waals surface area contributed by atoms with Gasteiger partial charge in [-0.2, -0.15) is 13.2 Å². The van der Waals surface area contributed by atoms with Gasteiger partial charge in [0.15, 0.2) is 5.11 Å². The van der Waals surface area contributed by atoms with Crippen LogP contribution >= 0.6 is 23.6 Å². The Morgan fingerprint density at radius 2 is 1.86 bits per heavy atom. The Labute approximate surface area is 215 Å². The summed E-state index contributed by atoms with van der Waals surface area (Å²) in [7, 11) is 0. The second-order valence-electron chi connectivity index (χ2n) is 8.76. The molecular weight excluding hydrogens is 515 g/mol. The Morgan fingerprint density at radius 3 is 2.50 bits per heavy atom. The molecule has 36 heavy (non-hydrogen) atoms. The van der Waals surface area contributed by atoms with Gasteiger partial charge in [0.2, 0.25) is 0 Å². The molecular formula is C23H26F3N5O3S2. The van der Waals surface area contributed by atoms with Crippen molar-refractivity contribution in [3.63, 3.8) is 0 Å². The Morgan fingerprint density at radius 1 is 1.17 bits per heavy atom. The molecule has 1 aromatic carbocycles. The molecule has 194 valence electrons. The van der Waals surface area contributed by atoms with Crippen LogP contribution in [0.3, 0.4) is 0 Å². The molecule has 8 nitrogen and oxygen atoms in total. The highest BCUT2D eigenvalue weighted by Gasteiger charge is 2.32. The Bertz CT molecular complexity index is 1130. The number of aliphatic carboxylic acids is 1. The number of aromatic nitrogens is 1. The fourth-order valence-electron chi connectivity index (χ4n) is 4.40. The fourth-order valence-corrected chi connectivity index (χ4v) is 5.63. The highest BCUT2D eigenvalue weighted by Crippen LogP contribution is 2.37. The molecule has 0 radical (unpaired) electrons. The number of benzene rings is 1. The first kappa shape index (κ1) is 26.1. The number of amides is 1. The van der Waals surface area contributed by atoms with Crippen molar-refractivity contribution < 1.29 is 27.9 Å². The Kier molecular flexibility index (Phi) is 7.98. The molecule has 1 amide bonds. The zero-order chi connectivity index (χ0) is 25.9. The summed E-state index contributed by atoms with van der Waals surface area (Å²) in [6.07, 6.45) is -1.16. The number of piperidine rings is 1. The molecule has 0 unspecified atom stereocenters. The summed E-state index contributed by atoms with van der Waals surface area (Å²) < 4.78 is 40.0. The van der Waals surface area contributed by atoms with Gasteiger partial charge in [0, 0.05) is 37.5 Å². The summed E-state index contributed by atoms with van der Waals surface area (Å²) in [4.78, 5) is 32.0. The van der Waals surface area contributed by atoms with Crippen LogP contribution in [0.15, 0.2) is 23.6 Å². The van der Waals surface area contributed by atoms with Gasteiger partial charge in [-0.1, -0.05) is 0 Å². The fraction of sp³-hybridized carbons (Fsp3) is 0.478. The average Bonchev–Trinajstić information content (AvgIpc) is 3.55. The molecule has 13 heteroatoms. The predicted octanol–water partition coefficient (Wildman–Crippen LogP) is 4.15. The van der Waals surface area contributed by atoms with E-state index in [4.69, 9.17) is 17.3 Å². The van der Waals surface area contributed by atoms with Crippen molar-refractivity contribution in [2.45, 2.75) is 37.8 Å². The maximum Gasteiger partial charge on any atom is 0.416 e. The van der Waals surface area contributed by atoms with E-state index in [9.17, 15) is 22.8 Å². The highest BCUT2D eigenvalue weighted by molar-refractivity contribution is 7.80. The first-order valence-corrected chi connectivity index (χ1v) is 12.9. The topological polar surface area (TPSA) is 97.8 Å². The number of thiocarbonyl (C=S) groups is 1. The summed E-state index contributed by atoms with van der Waals surface area (Å²) in [5.41, 5.74) is 0.0502. The van der Waals surface area contributed by atoms with Gasteiger partial charge in [-0.05, 0) is 56.1 Å². The number of rotatable bonds is 6. The van der Waals surface area contributed by atoms with Gasteiger partial charge in [-0.3, -0.25) is 9.59 Å². The molecule has 2 saturated heterocycles. The van der Waals surface area contributed by atoms with Crippen LogP contribution in [-0.2, 0) is 11.0 Å². The molecule has 0 spiro atoms. The molecule has 2 aromatic rings. The van der Waals surface area contributed by atoms with Crippen molar-refractivity contribution in [1.82, 2.24) is 15.2 Å². The van der Waals surface area contributed by atoms with Gasteiger partial charge < -0.3 is 25.5 Å². The number of halogens is 3. The number of hydrogen-bond donors (Lipinski definition) is 3. The third-order valence-electron chi connectivity index (χ3n) is 6.30. The van der Waals surface area contributed by atoms with E-state index in [2.05, 4.69) is 15.6 Å². The molecule has 0 saturated carbocycles. The molecule has 0 aliphatic carbocycles. The predicted molar refractivity (Wildman–Crippen MR) is 135 cm³/mol. The van der Waals surface area contributed by atoms with E-state index in [-0.39, 0.29) is 23.8 Å². The normalized spacial score (nSPS) is 16.8. The lowest BCUT2D eigenvalue weighted by molar-refractivity contribution is -0.137. The standard InChI is InChI=1S/C23H26F3N5O3S2/c24-23(25,26)15-3-4-18(30-7-1-2-8-30)16(11-15)28-20(34)17-13-36-21(29-17)14-5-9-31(10-6-14)22(35)27-12-19(32)33/h3-4,11,13-14H,1-2,5-10,12H2,(H,27,35)(H,28,34)(H,32,33). The van der Waals surface area contributed by atoms with E-state index < -0.39 is 23.6 Å². The number of nitrogens with zero attached hydrogens (tertiary/aromatic N) is 3. The number of nitrogens with one attached hydrogen (secondary N) is 2. The summed E-state index contributed by atoms with van der Waals surface area (Å²) >= 11 is 6.59. The molecule has 1 aromatic heterocycles. The second-order valence-corrected chi connectivity index (χ2v) is 10.0. The number of anilines is 2. The quantitative estimate of drug-likeness (QED) is 0.470. The summed E-state index contributed by atoms with van der Waals surface area (Å²) in [5, 5.41) is 16.9. The van der Waals surface area contributed by atoms with Crippen molar-refractivity contribution >= 4 is 51.9 Å². The first-order valence-electron chi connectivity index (χ1n) is 11.6. The molecule has 2 aliphatic heterocycles. The summed E-state index contributed by atoms with van der Waals surface area (Å²) in [6, 6.07) is 3.44. The number of carboxylic acid groups (broad SMARTS) is 1. The first-order chi connectivity index (χ1) is 17.1. The zero-order valence-corrected chi connectivity index (χ0v) is 20.9. The minimum absolute atomic E-state index is 0.115. The molecule has 2 fully saturated rings. The van der Waals surface area contributed by atoms with Crippen LogP contribution < -0.4 is 15.5 Å². The molecule has 3 heterocycles. The zero-order valence-electron chi connectivity index (χ0n) is 19.3. The van der Waals surface area contributed by atoms with E-state index in [0.717, 1.165) is 55.9 Å². The third kappa shape index (κ3) is 6.25. The van der Waals surface area contributed by atoms with E-state index in [1.165, 1.54) is 17.4 Å². The lowest BCUT2D eigenvalue weighted by Crippen LogP contribution is -2.45. The van der Waals surface area contributed by atoms with Gasteiger partial charge in [-0.15, -0.1) is 11.3 Å². The van der Waals surface area contributed by atoms with Crippen LogP contribution in [0.4, 0.5) is 24.5 Å². The van der Waals surface area contributed by atoms with Crippen molar-refractivity contribution in [2.24, 2.45) is 0 Å². The largest absolute Gasteiger partial charge is 0.480 e. The smallest absolute Gasteiger partial charge is 0.416 e. The highest BCUT2D eigenvalue weighted by atomic mass is 32.1. The molecule has 0 atom stereocenters. The van der Waals surface area contributed by atoms with Crippen LogP contribution in [0.25, 0.3) is 0 Å². The van der Waals surface area contributed by atoms with Crippen molar-refractivity contribution in [2.75, 3.05) is 42.9 Å². The lowest BCUT2D eigenvalue weighted by Gasteiger charge is -2.32. The molecule has 2 aliphatic rings. The van der Waals surface area contributed by atoms with Crippen LogP contribution in [0.1, 0.15) is 52.7 Å². The van der Waals surface area contributed by atoms with Gasteiger partial charge in [0.1, 0.15) is 12.2 Å². The number of carbonyl (C=O) groups is 2. The van der Waals surface area contributed by atoms with Crippen LogP contribution in [0, 0.1) is 0 Å². The van der Waals surface area contributed by atoms with Gasteiger partial charge in [-0.25, -0.2) is 4.98 Å². The Balaban J connectivity index is 1.42. The van der Waals surface area contributed by atoms with Crippen LogP contribution in [-0.4, -0.2) is 64.7 Å². The molecule has 3 N–H and O–H groups in total. The summed E-state index contributed by atoms with van der Waals surface area (Å²) in [5.74, 6) is -1.42. The number of hydrogen-bond acceptors (Lipinski definition) is 6. The minimum atomic E-state index is -4.52. The van der Waals surface area contributed by atoms with Gasteiger partial charge in [0.05, 0.1) is 21.9 Å². The van der Waals surface area contributed by atoms with E-state index in [1.807, 2.05) is 9.80 Å². The number of likely N-dealkylation sites (tertiary alicyclic amines) is 1. The maximum absolute atomic E-state index is 13.3. The minimum Gasteiger partial charge on any atom is -0.480 e.